The highest BCUT2D eigenvalue weighted by atomic mass is 35.5. The van der Waals surface area contributed by atoms with E-state index in [1.165, 1.54) is 11.8 Å². The van der Waals surface area contributed by atoms with Crippen molar-refractivity contribution in [3.63, 3.8) is 0 Å². The van der Waals surface area contributed by atoms with Crippen LogP contribution in [0.4, 0.5) is 23.2 Å². The second-order valence-corrected chi connectivity index (χ2v) is 9.12. The highest BCUT2D eigenvalue weighted by Crippen LogP contribution is 2.41. The van der Waals surface area contributed by atoms with Gasteiger partial charge in [0.05, 0.1) is 31.6 Å². The predicted molar refractivity (Wildman–Crippen MR) is 126 cm³/mol. The number of halogens is 5. The largest absolute Gasteiger partial charge is 0.374 e. The minimum absolute atomic E-state index is 0.00701. The molecule has 2 aromatic heterocycles. The summed E-state index contributed by atoms with van der Waals surface area (Å²) in [6.07, 6.45) is 2.62. The lowest BCUT2D eigenvalue weighted by Gasteiger charge is -2.27. The van der Waals surface area contributed by atoms with Crippen LogP contribution in [0.5, 0.6) is 0 Å². The molecule has 2 radical (unpaired) electrons. The van der Waals surface area contributed by atoms with Gasteiger partial charge in [0.25, 0.3) is 0 Å². The van der Waals surface area contributed by atoms with E-state index in [9.17, 15) is 22.7 Å². The molecule has 1 N–H and O–H groups in total. The molecule has 0 spiro atoms. The summed E-state index contributed by atoms with van der Waals surface area (Å²) in [6.45, 7) is 2.38. The molecule has 0 aliphatic carbocycles. The Morgan fingerprint density at radius 1 is 1.21 bits per heavy atom. The van der Waals surface area contributed by atoms with Crippen LogP contribution in [0.25, 0.3) is 5.69 Å². The zero-order chi connectivity index (χ0) is 24.5. The van der Waals surface area contributed by atoms with Gasteiger partial charge in [-0.3, -0.25) is 4.98 Å². The zero-order valence-electron chi connectivity index (χ0n) is 18.4. The number of alkyl halides is 4. The van der Waals surface area contributed by atoms with Crippen molar-refractivity contribution in [3.8, 4) is 5.69 Å². The lowest BCUT2D eigenvalue weighted by Crippen LogP contribution is -2.40. The molecule has 1 atom stereocenters. The van der Waals surface area contributed by atoms with Crippen LogP contribution >= 0.6 is 23.4 Å². The van der Waals surface area contributed by atoms with Gasteiger partial charge in [-0.15, -0.1) is 0 Å². The van der Waals surface area contributed by atoms with Crippen molar-refractivity contribution in [3.05, 3.63) is 35.9 Å². The first kappa shape index (κ1) is 27.8. The van der Waals surface area contributed by atoms with Gasteiger partial charge in [-0.25, -0.2) is 4.68 Å². The fourth-order valence-corrected chi connectivity index (χ4v) is 4.47. The number of unbranched alkanes of at least 4 members (excludes halogenated alkanes) is 1. The smallest absolute Gasteiger partial charge is 0.310 e. The molecule has 0 bridgehead atoms. The summed E-state index contributed by atoms with van der Waals surface area (Å²) in [5.41, 5.74) is 1.32. The minimum atomic E-state index is -4.07. The Balaban J connectivity index is 1.77. The fourth-order valence-electron chi connectivity index (χ4n) is 3.24. The molecule has 0 aliphatic rings. The molecule has 0 fully saturated rings. The summed E-state index contributed by atoms with van der Waals surface area (Å²) in [6, 6.07) is 3.61. The normalized spacial score (nSPS) is 13.3. The van der Waals surface area contributed by atoms with Gasteiger partial charge in [0, 0.05) is 32.0 Å². The third-order valence-corrected chi connectivity index (χ3v) is 6.49. The maximum Gasteiger partial charge on any atom is 0.310 e. The van der Waals surface area contributed by atoms with Crippen LogP contribution in [0.15, 0.2) is 30.7 Å². The third-order valence-electron chi connectivity index (χ3n) is 5.12. The number of pyridine rings is 1. The highest BCUT2D eigenvalue weighted by Gasteiger charge is 2.54. The maximum atomic E-state index is 13.6. The molecule has 2 aromatic rings. The SMILES string of the molecule is [B]CCC(F)(F)C(F)(F)CCCCSCCC(O)N(CC)c1cn(-c2cccnc2)nc1Cl. The maximum absolute atomic E-state index is 13.6. The molecule has 12 heteroatoms. The van der Waals surface area contributed by atoms with Crippen LogP contribution in [-0.2, 0) is 0 Å². The van der Waals surface area contributed by atoms with Crippen molar-refractivity contribution in [2.75, 3.05) is 23.0 Å². The number of thioether (sulfide) groups is 1. The van der Waals surface area contributed by atoms with Gasteiger partial charge in [-0.05, 0) is 43.4 Å². The Morgan fingerprint density at radius 2 is 1.94 bits per heavy atom. The topological polar surface area (TPSA) is 54.2 Å². The third kappa shape index (κ3) is 7.78. The van der Waals surface area contributed by atoms with Gasteiger partial charge in [-0.1, -0.05) is 17.9 Å². The quantitative estimate of drug-likeness (QED) is 0.147. The summed E-state index contributed by atoms with van der Waals surface area (Å²) < 4.78 is 55.7. The molecule has 1 unspecified atom stereocenters. The van der Waals surface area contributed by atoms with Gasteiger partial charge in [0.1, 0.15) is 6.23 Å². The van der Waals surface area contributed by atoms with E-state index in [-0.39, 0.29) is 11.6 Å². The highest BCUT2D eigenvalue weighted by molar-refractivity contribution is 7.99. The Hall–Kier alpha value is -1.46. The standard InChI is InChI=1S/C21H28BClF4N4OS/c1-2-30(17-15-31(29-19(17)23)16-6-5-11-28-14-16)18(32)7-13-33-12-4-3-8-20(24,25)21(26,27)9-10-22/h5-6,11,14-15,18,32H,2-4,7-10,12-13H2,1H3. The van der Waals surface area contributed by atoms with E-state index in [1.807, 2.05) is 13.0 Å². The monoisotopic (exact) mass is 506 g/mol. The number of aliphatic hydroxyl groups excluding tert-OH is 1. The van der Waals surface area contributed by atoms with E-state index in [1.54, 1.807) is 34.2 Å². The molecule has 0 aromatic carbocycles. The molecule has 182 valence electrons. The summed E-state index contributed by atoms with van der Waals surface area (Å²) in [5.74, 6) is -7.01. The number of hydrogen-bond acceptors (Lipinski definition) is 5. The number of aliphatic hydroxyl groups is 1. The van der Waals surface area contributed by atoms with Gasteiger partial charge in [-0.2, -0.15) is 34.4 Å². The lowest BCUT2D eigenvalue weighted by atomic mass is 9.93. The number of anilines is 1. The molecule has 5 nitrogen and oxygen atoms in total. The molecule has 0 saturated heterocycles. The van der Waals surface area contributed by atoms with Crippen molar-refractivity contribution in [2.45, 2.75) is 63.4 Å². The van der Waals surface area contributed by atoms with Crippen molar-refractivity contribution in [2.24, 2.45) is 0 Å². The van der Waals surface area contributed by atoms with Gasteiger partial charge in [0.2, 0.25) is 0 Å². The molecule has 33 heavy (non-hydrogen) atoms. The van der Waals surface area contributed by atoms with Crippen molar-refractivity contribution in [1.82, 2.24) is 14.8 Å². The molecular weight excluding hydrogens is 479 g/mol. The van der Waals surface area contributed by atoms with Crippen LogP contribution in [-0.4, -0.2) is 63.8 Å². The van der Waals surface area contributed by atoms with Crippen molar-refractivity contribution in [1.29, 1.82) is 0 Å². The van der Waals surface area contributed by atoms with Gasteiger partial charge >= 0.3 is 11.8 Å². The van der Waals surface area contributed by atoms with E-state index >= 15 is 0 Å². The summed E-state index contributed by atoms with van der Waals surface area (Å²) >= 11 is 7.77. The van der Waals surface area contributed by atoms with Crippen molar-refractivity contribution >= 4 is 36.9 Å². The molecule has 0 amide bonds. The lowest BCUT2D eigenvalue weighted by molar-refractivity contribution is -0.213. The van der Waals surface area contributed by atoms with E-state index in [2.05, 4.69) is 10.1 Å². The second-order valence-electron chi connectivity index (χ2n) is 7.53. The van der Waals surface area contributed by atoms with Crippen LogP contribution in [0.2, 0.25) is 11.5 Å². The van der Waals surface area contributed by atoms with Crippen LogP contribution in [0.1, 0.15) is 39.0 Å². The van der Waals surface area contributed by atoms with Crippen molar-refractivity contribution < 1.29 is 22.7 Å². The summed E-state index contributed by atoms with van der Waals surface area (Å²) in [5, 5.41) is 15.2. The fraction of sp³-hybridized carbons (Fsp3) is 0.619. The first-order valence-electron chi connectivity index (χ1n) is 10.8. The van der Waals surface area contributed by atoms with Gasteiger partial charge < -0.3 is 10.0 Å². The minimum Gasteiger partial charge on any atom is -0.374 e. The molecule has 0 aliphatic heterocycles. The van der Waals surface area contributed by atoms with E-state index in [4.69, 9.17) is 19.4 Å². The van der Waals surface area contributed by atoms with Crippen LogP contribution < -0.4 is 4.90 Å². The zero-order valence-corrected chi connectivity index (χ0v) is 20.0. The molecule has 2 heterocycles. The first-order valence-corrected chi connectivity index (χ1v) is 12.3. The Labute approximate surface area is 202 Å². The molecule has 2 rings (SSSR count). The number of aromatic nitrogens is 3. The average molecular weight is 507 g/mol. The van der Waals surface area contributed by atoms with E-state index in [0.717, 1.165) is 5.69 Å². The number of nitrogens with zero attached hydrogens (tertiary/aromatic N) is 4. The Bertz CT molecular complexity index is 847. The number of hydrogen-bond donors (Lipinski definition) is 1. The second kappa shape index (κ2) is 12.9. The summed E-state index contributed by atoms with van der Waals surface area (Å²) in [7, 11) is 4.99. The van der Waals surface area contributed by atoms with Crippen LogP contribution in [0.3, 0.4) is 0 Å². The summed E-state index contributed by atoms with van der Waals surface area (Å²) in [4.78, 5) is 5.78. The van der Waals surface area contributed by atoms with Gasteiger partial charge in [0.15, 0.2) is 5.15 Å². The predicted octanol–water partition coefficient (Wildman–Crippen LogP) is 5.61. The first-order chi connectivity index (χ1) is 15.6. The Morgan fingerprint density at radius 3 is 2.58 bits per heavy atom. The van der Waals surface area contributed by atoms with Crippen LogP contribution in [0, 0.1) is 0 Å². The number of rotatable bonds is 15. The Kier molecular flexibility index (Phi) is 10.8. The molecular formula is C21H28BClF4N4OS. The van der Waals surface area contributed by atoms with E-state index in [0.29, 0.717) is 36.6 Å². The average Bonchev–Trinajstić information content (AvgIpc) is 3.15. The molecule has 0 saturated carbocycles. The van der Waals surface area contributed by atoms with E-state index < -0.39 is 37.2 Å².